The number of aromatic nitrogens is 1. The van der Waals surface area contributed by atoms with Crippen LogP contribution in [0.3, 0.4) is 0 Å². The van der Waals surface area contributed by atoms with Crippen LogP contribution in [0.15, 0.2) is 6.20 Å². The highest BCUT2D eigenvalue weighted by molar-refractivity contribution is 7.11. The van der Waals surface area contributed by atoms with Gasteiger partial charge in [-0.3, -0.25) is 0 Å². The molecule has 84 valence electrons. The highest BCUT2D eigenvalue weighted by atomic mass is 32.1. The SMILES string of the molecule is CC(N)c1cnc(CC2CCCCN2)s1. The zero-order chi connectivity index (χ0) is 10.7. The standard InChI is InChI=1S/C11H19N3S/c1-8(12)10-7-14-11(15-10)6-9-4-2-3-5-13-9/h7-9,13H,2-6,12H2,1H3. The molecule has 2 unspecified atom stereocenters. The first kappa shape index (κ1) is 11.0. The molecule has 1 aromatic rings. The molecule has 0 amide bonds. The number of hydrogen-bond acceptors (Lipinski definition) is 4. The number of thiazole rings is 1. The van der Waals surface area contributed by atoms with Crippen LogP contribution in [0.4, 0.5) is 0 Å². The van der Waals surface area contributed by atoms with E-state index in [1.165, 1.54) is 29.1 Å². The third-order valence-corrected chi connectivity index (χ3v) is 4.07. The second-order valence-electron chi connectivity index (χ2n) is 4.30. The topological polar surface area (TPSA) is 50.9 Å². The van der Waals surface area contributed by atoms with Gasteiger partial charge in [0.15, 0.2) is 0 Å². The summed E-state index contributed by atoms with van der Waals surface area (Å²) in [5.41, 5.74) is 5.81. The minimum Gasteiger partial charge on any atom is -0.323 e. The van der Waals surface area contributed by atoms with Crippen LogP contribution in [-0.4, -0.2) is 17.6 Å². The lowest BCUT2D eigenvalue weighted by Gasteiger charge is -2.22. The van der Waals surface area contributed by atoms with Crippen molar-refractivity contribution in [2.45, 2.75) is 44.7 Å². The van der Waals surface area contributed by atoms with Gasteiger partial charge < -0.3 is 11.1 Å². The predicted molar refractivity (Wildman–Crippen MR) is 64.1 cm³/mol. The maximum atomic E-state index is 5.81. The summed E-state index contributed by atoms with van der Waals surface area (Å²) in [6, 6.07) is 0.751. The average molecular weight is 225 g/mol. The van der Waals surface area contributed by atoms with E-state index in [0.717, 1.165) is 13.0 Å². The second-order valence-corrected chi connectivity index (χ2v) is 5.44. The van der Waals surface area contributed by atoms with E-state index in [2.05, 4.69) is 10.3 Å². The minimum atomic E-state index is 0.121. The molecular formula is C11H19N3S. The van der Waals surface area contributed by atoms with Crippen molar-refractivity contribution in [1.82, 2.24) is 10.3 Å². The summed E-state index contributed by atoms with van der Waals surface area (Å²) in [4.78, 5) is 5.63. The van der Waals surface area contributed by atoms with E-state index in [4.69, 9.17) is 5.73 Å². The van der Waals surface area contributed by atoms with Crippen LogP contribution in [0.2, 0.25) is 0 Å². The predicted octanol–water partition coefficient (Wildman–Crippen LogP) is 1.85. The van der Waals surface area contributed by atoms with Crippen LogP contribution < -0.4 is 11.1 Å². The molecule has 2 atom stereocenters. The Kier molecular flexibility index (Phi) is 3.72. The van der Waals surface area contributed by atoms with Gasteiger partial charge in [-0.15, -0.1) is 11.3 Å². The van der Waals surface area contributed by atoms with E-state index >= 15 is 0 Å². The average Bonchev–Trinajstić information content (AvgIpc) is 2.68. The molecule has 1 aromatic heterocycles. The van der Waals surface area contributed by atoms with Crippen LogP contribution >= 0.6 is 11.3 Å². The number of rotatable bonds is 3. The van der Waals surface area contributed by atoms with Gasteiger partial charge in [0.2, 0.25) is 0 Å². The first-order valence-corrected chi connectivity index (χ1v) is 6.51. The maximum absolute atomic E-state index is 5.81. The van der Waals surface area contributed by atoms with Crippen LogP contribution in [0, 0.1) is 0 Å². The van der Waals surface area contributed by atoms with Crippen molar-refractivity contribution in [2.24, 2.45) is 5.73 Å². The van der Waals surface area contributed by atoms with Gasteiger partial charge in [-0.25, -0.2) is 4.98 Å². The molecule has 0 aromatic carbocycles. The Balaban J connectivity index is 1.91. The Morgan fingerprint density at radius 3 is 3.13 bits per heavy atom. The summed E-state index contributed by atoms with van der Waals surface area (Å²) in [6.07, 6.45) is 6.95. The molecule has 0 aliphatic carbocycles. The van der Waals surface area contributed by atoms with Crippen molar-refractivity contribution < 1.29 is 0 Å². The molecule has 1 aliphatic rings. The molecule has 0 radical (unpaired) electrons. The number of hydrogen-bond donors (Lipinski definition) is 2. The quantitative estimate of drug-likeness (QED) is 0.825. The van der Waals surface area contributed by atoms with E-state index in [1.54, 1.807) is 11.3 Å². The number of nitrogens with zero attached hydrogens (tertiary/aromatic N) is 1. The molecule has 3 nitrogen and oxygen atoms in total. The van der Waals surface area contributed by atoms with Gasteiger partial charge in [-0.1, -0.05) is 6.42 Å². The van der Waals surface area contributed by atoms with E-state index in [-0.39, 0.29) is 6.04 Å². The fourth-order valence-electron chi connectivity index (χ4n) is 1.94. The van der Waals surface area contributed by atoms with Crippen LogP contribution in [0.5, 0.6) is 0 Å². The lowest BCUT2D eigenvalue weighted by atomic mass is 10.0. The van der Waals surface area contributed by atoms with Crippen LogP contribution in [-0.2, 0) is 6.42 Å². The number of nitrogens with one attached hydrogen (secondary N) is 1. The van der Waals surface area contributed by atoms with Gasteiger partial charge in [0.1, 0.15) is 0 Å². The third-order valence-electron chi connectivity index (χ3n) is 2.85. The normalized spacial score (nSPS) is 24.0. The summed E-state index contributed by atoms with van der Waals surface area (Å²) < 4.78 is 0. The summed E-state index contributed by atoms with van der Waals surface area (Å²) in [5.74, 6) is 0. The van der Waals surface area contributed by atoms with Crippen LogP contribution in [0.1, 0.15) is 42.1 Å². The van der Waals surface area contributed by atoms with E-state index in [1.807, 2.05) is 13.1 Å². The molecule has 2 rings (SSSR count). The van der Waals surface area contributed by atoms with Crippen molar-refractivity contribution >= 4 is 11.3 Å². The van der Waals surface area contributed by atoms with Crippen molar-refractivity contribution in [3.63, 3.8) is 0 Å². The molecule has 4 heteroatoms. The third kappa shape index (κ3) is 3.00. The van der Waals surface area contributed by atoms with Gasteiger partial charge in [-0.2, -0.15) is 0 Å². The fraction of sp³-hybridized carbons (Fsp3) is 0.727. The van der Waals surface area contributed by atoms with Crippen molar-refractivity contribution in [1.29, 1.82) is 0 Å². The second kappa shape index (κ2) is 5.05. The molecule has 0 saturated carbocycles. The highest BCUT2D eigenvalue weighted by Gasteiger charge is 2.15. The Hall–Kier alpha value is -0.450. The van der Waals surface area contributed by atoms with Gasteiger partial charge in [0.25, 0.3) is 0 Å². The van der Waals surface area contributed by atoms with Gasteiger partial charge in [0.05, 0.1) is 5.01 Å². The lowest BCUT2D eigenvalue weighted by molar-refractivity contribution is 0.399. The Morgan fingerprint density at radius 2 is 2.53 bits per heavy atom. The number of nitrogens with two attached hydrogens (primary N) is 1. The molecule has 3 N–H and O–H groups in total. The Morgan fingerprint density at radius 1 is 1.67 bits per heavy atom. The summed E-state index contributed by atoms with van der Waals surface area (Å²) >= 11 is 1.76. The Labute approximate surface area is 95.1 Å². The zero-order valence-electron chi connectivity index (χ0n) is 9.20. The van der Waals surface area contributed by atoms with E-state index in [9.17, 15) is 0 Å². The maximum Gasteiger partial charge on any atom is 0.0943 e. The highest BCUT2D eigenvalue weighted by Crippen LogP contribution is 2.21. The summed E-state index contributed by atoms with van der Waals surface area (Å²) in [6.45, 7) is 3.17. The minimum absolute atomic E-state index is 0.121. The lowest BCUT2D eigenvalue weighted by Crippen LogP contribution is -2.35. The van der Waals surface area contributed by atoms with Crippen molar-refractivity contribution in [2.75, 3.05) is 6.54 Å². The van der Waals surface area contributed by atoms with Crippen molar-refractivity contribution in [3.8, 4) is 0 Å². The number of piperidine rings is 1. The molecule has 0 bridgehead atoms. The molecule has 2 heterocycles. The molecule has 1 fully saturated rings. The molecule has 0 spiro atoms. The summed E-state index contributed by atoms with van der Waals surface area (Å²) in [7, 11) is 0. The van der Waals surface area contributed by atoms with Crippen LogP contribution in [0.25, 0.3) is 0 Å². The van der Waals surface area contributed by atoms with Gasteiger partial charge >= 0.3 is 0 Å². The van der Waals surface area contributed by atoms with Gasteiger partial charge in [-0.05, 0) is 26.3 Å². The molecule has 15 heavy (non-hydrogen) atoms. The smallest absolute Gasteiger partial charge is 0.0943 e. The fourth-order valence-corrected chi connectivity index (χ4v) is 2.89. The summed E-state index contributed by atoms with van der Waals surface area (Å²) in [5, 5.41) is 4.77. The first-order chi connectivity index (χ1) is 7.25. The Bertz CT molecular complexity index is 303. The molecule has 1 saturated heterocycles. The molecular weight excluding hydrogens is 206 g/mol. The van der Waals surface area contributed by atoms with E-state index < -0.39 is 0 Å². The van der Waals surface area contributed by atoms with Gasteiger partial charge in [0, 0.05) is 29.6 Å². The molecule has 1 aliphatic heterocycles. The largest absolute Gasteiger partial charge is 0.323 e. The zero-order valence-corrected chi connectivity index (χ0v) is 10.0. The first-order valence-electron chi connectivity index (χ1n) is 5.69. The monoisotopic (exact) mass is 225 g/mol. The van der Waals surface area contributed by atoms with E-state index in [0.29, 0.717) is 6.04 Å². The van der Waals surface area contributed by atoms with Crippen molar-refractivity contribution in [3.05, 3.63) is 16.1 Å².